The van der Waals surface area contributed by atoms with E-state index in [4.69, 9.17) is 16.3 Å². The number of hydrogen-bond donors (Lipinski definition) is 0. The number of rotatable bonds is 1. The van der Waals surface area contributed by atoms with Crippen LogP contribution in [-0.4, -0.2) is 27.7 Å². The van der Waals surface area contributed by atoms with Gasteiger partial charge in [-0.3, -0.25) is 4.90 Å². The van der Waals surface area contributed by atoms with Crippen molar-refractivity contribution in [2.75, 3.05) is 6.54 Å². The van der Waals surface area contributed by atoms with E-state index in [1.807, 2.05) is 43.7 Å². The zero-order valence-electron chi connectivity index (χ0n) is 13.9. The maximum atomic E-state index is 13.4. The average Bonchev–Trinajstić information content (AvgIpc) is 2.90. The lowest BCUT2D eigenvalue weighted by molar-refractivity contribution is 0.0184. The third-order valence-electron chi connectivity index (χ3n) is 3.82. The lowest BCUT2D eigenvalue weighted by Crippen LogP contribution is -2.42. The summed E-state index contributed by atoms with van der Waals surface area (Å²) in [5.74, 6) is -0.283. The third kappa shape index (κ3) is 3.41. The number of carbonyl (C=O) groups excluding carboxylic acids is 1. The van der Waals surface area contributed by atoms with Gasteiger partial charge >= 0.3 is 6.09 Å². The largest absolute Gasteiger partial charge is 0.444 e. The molecule has 2 aromatic rings. The summed E-state index contributed by atoms with van der Waals surface area (Å²) in [5, 5.41) is 0. The normalized spacial score (nSPS) is 17.5. The number of ether oxygens (including phenoxy) is 1. The van der Waals surface area contributed by atoms with E-state index in [9.17, 15) is 9.18 Å². The fourth-order valence-electron chi connectivity index (χ4n) is 2.74. The van der Waals surface area contributed by atoms with E-state index in [2.05, 4.69) is 0 Å². The Labute approximate surface area is 145 Å². The van der Waals surface area contributed by atoms with Crippen molar-refractivity contribution < 1.29 is 13.9 Å². The molecule has 0 fully saturated rings. The maximum absolute atomic E-state index is 13.4. The summed E-state index contributed by atoms with van der Waals surface area (Å²) in [5.41, 5.74) is 1.27. The molecule has 1 aliphatic heterocycles. The van der Waals surface area contributed by atoms with Gasteiger partial charge in [0, 0.05) is 19.3 Å². The quantitative estimate of drug-likeness (QED) is 0.548. The van der Waals surface area contributed by atoms with Crippen LogP contribution in [0, 0.1) is 5.82 Å². The fourth-order valence-corrected chi connectivity index (χ4v) is 3.11. The van der Waals surface area contributed by atoms with E-state index in [0.717, 1.165) is 16.8 Å². The van der Waals surface area contributed by atoms with Gasteiger partial charge in [0.05, 0.1) is 5.69 Å². The van der Waals surface area contributed by atoms with E-state index in [-0.39, 0.29) is 5.82 Å². The highest BCUT2D eigenvalue weighted by Crippen LogP contribution is 2.34. The average molecular weight is 351 g/mol. The summed E-state index contributed by atoms with van der Waals surface area (Å²) >= 11 is 6.50. The van der Waals surface area contributed by atoms with Crippen molar-refractivity contribution in [2.24, 2.45) is 0 Å². The smallest absolute Gasteiger partial charge is 0.411 e. The van der Waals surface area contributed by atoms with Gasteiger partial charge in [-0.1, -0.05) is 23.7 Å². The first-order chi connectivity index (χ1) is 11.2. The van der Waals surface area contributed by atoms with E-state index in [1.54, 1.807) is 6.07 Å². The lowest BCUT2D eigenvalue weighted by Gasteiger charge is -2.34. The van der Waals surface area contributed by atoms with Gasteiger partial charge in [-0.2, -0.15) is 0 Å². The number of carbonyl (C=O) groups is 1. The molecular weight excluding hydrogens is 331 g/mol. The second-order valence-corrected chi connectivity index (χ2v) is 7.28. The van der Waals surface area contributed by atoms with Crippen LogP contribution in [0.25, 0.3) is 11.1 Å². The molecule has 0 spiro atoms. The third-order valence-corrected chi connectivity index (χ3v) is 4.27. The van der Waals surface area contributed by atoms with Crippen molar-refractivity contribution in [2.45, 2.75) is 38.4 Å². The molecule has 0 aliphatic carbocycles. The van der Waals surface area contributed by atoms with Crippen molar-refractivity contribution in [3.8, 4) is 11.1 Å². The molecular formula is C18H20ClFN2O2. The summed E-state index contributed by atoms with van der Waals surface area (Å²) in [7, 11) is 0. The highest BCUT2D eigenvalue weighted by molar-refractivity contribution is 6.21. The van der Waals surface area contributed by atoms with E-state index >= 15 is 0 Å². The second-order valence-electron chi connectivity index (χ2n) is 6.87. The molecule has 1 atom stereocenters. The molecule has 3 rings (SSSR count). The first kappa shape index (κ1) is 16.8. The number of amides is 1. The highest BCUT2D eigenvalue weighted by atomic mass is 35.5. The van der Waals surface area contributed by atoms with Crippen LogP contribution in [-0.2, 0) is 11.3 Å². The van der Waals surface area contributed by atoms with E-state index < -0.39 is 17.2 Å². The number of alkyl halides is 1. The Balaban J connectivity index is 1.86. The summed E-state index contributed by atoms with van der Waals surface area (Å²) in [6.45, 7) is 6.55. The fraction of sp³-hybridized carbons (Fsp3) is 0.389. The zero-order chi connectivity index (χ0) is 17.5. The molecule has 1 aliphatic rings. The van der Waals surface area contributed by atoms with Crippen LogP contribution in [0.4, 0.5) is 9.18 Å². The highest BCUT2D eigenvalue weighted by Gasteiger charge is 2.33. The Hall–Kier alpha value is -2.01. The number of halogens is 2. The number of nitrogens with zero attached hydrogens (tertiary/aromatic N) is 2. The molecule has 0 N–H and O–H groups in total. The molecule has 4 nitrogen and oxygen atoms in total. The van der Waals surface area contributed by atoms with Crippen LogP contribution in [0.3, 0.4) is 0 Å². The van der Waals surface area contributed by atoms with Gasteiger partial charge in [0.25, 0.3) is 0 Å². The van der Waals surface area contributed by atoms with Crippen molar-refractivity contribution in [1.29, 1.82) is 0 Å². The second kappa shape index (κ2) is 6.13. The number of aromatic nitrogens is 1. The van der Waals surface area contributed by atoms with Gasteiger partial charge in [0.1, 0.15) is 16.9 Å². The molecule has 0 radical (unpaired) electrons. The van der Waals surface area contributed by atoms with Crippen LogP contribution in [0.2, 0.25) is 0 Å². The lowest BCUT2D eigenvalue weighted by atomic mass is 10.1. The molecule has 0 bridgehead atoms. The molecule has 0 saturated heterocycles. The topological polar surface area (TPSA) is 34.5 Å². The van der Waals surface area contributed by atoms with Crippen molar-refractivity contribution in [1.82, 2.24) is 9.47 Å². The molecule has 1 aromatic heterocycles. The van der Waals surface area contributed by atoms with Gasteiger partial charge in [0.15, 0.2) is 0 Å². The predicted octanol–water partition coefficient (Wildman–Crippen LogP) is 4.78. The first-order valence-electron chi connectivity index (χ1n) is 7.84. The van der Waals surface area contributed by atoms with E-state index in [0.29, 0.717) is 13.1 Å². The Kier molecular flexibility index (Phi) is 4.30. The maximum Gasteiger partial charge on any atom is 0.411 e. The predicted molar refractivity (Wildman–Crippen MR) is 91.4 cm³/mol. The van der Waals surface area contributed by atoms with Gasteiger partial charge in [-0.25, -0.2) is 9.18 Å². The van der Waals surface area contributed by atoms with Crippen LogP contribution >= 0.6 is 11.6 Å². The molecule has 24 heavy (non-hydrogen) atoms. The molecule has 1 amide bonds. The Morgan fingerprint density at radius 1 is 1.25 bits per heavy atom. The SMILES string of the molecule is CC(C)(C)OC(=O)N1CCn2cc(-c3cccc(F)c3)cc2C1Cl. The number of benzene rings is 1. The Bertz CT molecular complexity index is 767. The zero-order valence-corrected chi connectivity index (χ0v) is 14.7. The van der Waals surface area contributed by atoms with Crippen molar-refractivity contribution >= 4 is 17.7 Å². The number of hydrogen-bond acceptors (Lipinski definition) is 2. The van der Waals surface area contributed by atoms with Crippen LogP contribution in [0.15, 0.2) is 36.5 Å². The van der Waals surface area contributed by atoms with Gasteiger partial charge < -0.3 is 9.30 Å². The molecule has 6 heteroatoms. The van der Waals surface area contributed by atoms with Crippen LogP contribution in [0.1, 0.15) is 32.0 Å². The van der Waals surface area contributed by atoms with Crippen LogP contribution < -0.4 is 0 Å². The standard InChI is InChI=1S/C18H20ClFN2O2/c1-18(2,3)24-17(23)22-8-7-21-11-13(10-15(21)16(22)19)12-5-4-6-14(20)9-12/h4-6,9-11,16H,7-8H2,1-3H3. The summed E-state index contributed by atoms with van der Waals surface area (Å²) < 4.78 is 20.8. The molecule has 2 heterocycles. The van der Waals surface area contributed by atoms with Crippen molar-refractivity contribution in [3.05, 3.63) is 48.0 Å². The Morgan fingerprint density at radius 2 is 2.00 bits per heavy atom. The Morgan fingerprint density at radius 3 is 2.67 bits per heavy atom. The molecule has 128 valence electrons. The van der Waals surface area contributed by atoms with E-state index in [1.165, 1.54) is 17.0 Å². The number of fused-ring (bicyclic) bond motifs is 1. The first-order valence-corrected chi connectivity index (χ1v) is 8.28. The minimum atomic E-state index is -0.615. The monoisotopic (exact) mass is 350 g/mol. The van der Waals surface area contributed by atoms with Crippen LogP contribution in [0.5, 0.6) is 0 Å². The molecule has 0 saturated carbocycles. The molecule has 1 aromatic carbocycles. The minimum absolute atomic E-state index is 0.283. The van der Waals surface area contributed by atoms with Gasteiger partial charge in [-0.15, -0.1) is 0 Å². The van der Waals surface area contributed by atoms with Gasteiger partial charge in [-0.05, 0) is 50.1 Å². The minimum Gasteiger partial charge on any atom is -0.444 e. The van der Waals surface area contributed by atoms with Gasteiger partial charge in [0.2, 0.25) is 0 Å². The van der Waals surface area contributed by atoms with Crippen molar-refractivity contribution in [3.63, 3.8) is 0 Å². The summed E-state index contributed by atoms with van der Waals surface area (Å²) in [6, 6.07) is 8.30. The summed E-state index contributed by atoms with van der Waals surface area (Å²) in [6.07, 6.45) is 1.51. The summed E-state index contributed by atoms with van der Waals surface area (Å²) in [4.78, 5) is 13.8. The molecule has 1 unspecified atom stereocenters.